The van der Waals surface area contributed by atoms with Gasteiger partial charge in [-0.15, -0.1) is 0 Å². The van der Waals surface area contributed by atoms with Crippen LogP contribution in [0.4, 0.5) is 10.1 Å². The summed E-state index contributed by atoms with van der Waals surface area (Å²) >= 11 is 5.74. The third-order valence-electron chi connectivity index (χ3n) is 3.06. The average Bonchev–Trinajstić information content (AvgIpc) is 2.40. The smallest absolute Gasteiger partial charge is 0.141 e. The van der Waals surface area contributed by atoms with Crippen molar-refractivity contribution in [3.63, 3.8) is 0 Å². The Hall–Kier alpha value is -1.54. The third-order valence-corrected chi connectivity index (χ3v) is 3.35. The number of benzene rings is 2. The van der Waals surface area contributed by atoms with E-state index in [1.807, 2.05) is 0 Å². The molecular formula is C16H17ClFN. The Morgan fingerprint density at radius 3 is 2.37 bits per heavy atom. The zero-order valence-corrected chi connectivity index (χ0v) is 11.8. The van der Waals surface area contributed by atoms with Gasteiger partial charge in [0.1, 0.15) is 5.82 Å². The van der Waals surface area contributed by atoms with E-state index in [9.17, 15) is 4.39 Å². The van der Waals surface area contributed by atoms with Gasteiger partial charge in [0.25, 0.3) is 0 Å². The molecule has 0 bridgehead atoms. The minimum Gasteiger partial charge on any atom is -0.381 e. The maximum Gasteiger partial charge on any atom is 0.141 e. The van der Waals surface area contributed by atoms with E-state index in [4.69, 9.17) is 11.6 Å². The van der Waals surface area contributed by atoms with Crippen LogP contribution in [0.3, 0.4) is 0 Å². The molecule has 0 aliphatic rings. The molecule has 0 saturated heterocycles. The van der Waals surface area contributed by atoms with Crippen LogP contribution in [0.1, 0.15) is 30.9 Å². The first-order chi connectivity index (χ1) is 9.06. The molecule has 2 aromatic rings. The second kappa shape index (κ2) is 6.07. The summed E-state index contributed by atoms with van der Waals surface area (Å²) < 4.78 is 13.0. The van der Waals surface area contributed by atoms with Gasteiger partial charge in [0.15, 0.2) is 0 Å². The lowest BCUT2D eigenvalue weighted by molar-refractivity contribution is 0.628. The van der Waals surface area contributed by atoms with E-state index in [2.05, 4.69) is 43.4 Å². The molecule has 2 aromatic carbocycles. The van der Waals surface area contributed by atoms with E-state index in [1.54, 1.807) is 12.1 Å². The van der Waals surface area contributed by atoms with Gasteiger partial charge < -0.3 is 5.32 Å². The molecule has 19 heavy (non-hydrogen) atoms. The summed E-state index contributed by atoms with van der Waals surface area (Å²) in [6.07, 6.45) is 0. The van der Waals surface area contributed by atoms with Crippen molar-refractivity contribution in [2.45, 2.75) is 26.3 Å². The van der Waals surface area contributed by atoms with Gasteiger partial charge in [-0.25, -0.2) is 4.39 Å². The molecule has 0 heterocycles. The second-order valence-electron chi connectivity index (χ2n) is 4.88. The van der Waals surface area contributed by atoms with Crippen LogP contribution in [0.25, 0.3) is 0 Å². The lowest BCUT2D eigenvalue weighted by Crippen LogP contribution is -2.00. The number of hydrogen-bond acceptors (Lipinski definition) is 1. The predicted octanol–water partition coefficient (Wildman–Crippen LogP) is 5.21. The first kappa shape index (κ1) is 13.9. The largest absolute Gasteiger partial charge is 0.381 e. The van der Waals surface area contributed by atoms with Gasteiger partial charge in [-0.1, -0.05) is 49.7 Å². The maximum absolute atomic E-state index is 13.0. The van der Waals surface area contributed by atoms with Crippen molar-refractivity contribution in [3.05, 3.63) is 64.4 Å². The van der Waals surface area contributed by atoms with E-state index in [0.29, 0.717) is 12.5 Å². The summed E-state index contributed by atoms with van der Waals surface area (Å²) in [5.74, 6) is 0.145. The van der Waals surface area contributed by atoms with Crippen LogP contribution >= 0.6 is 11.6 Å². The fourth-order valence-electron chi connectivity index (χ4n) is 1.83. The van der Waals surface area contributed by atoms with E-state index in [0.717, 1.165) is 5.69 Å². The highest BCUT2D eigenvalue weighted by Gasteiger charge is 2.02. The number of anilines is 1. The van der Waals surface area contributed by atoms with Crippen LogP contribution < -0.4 is 5.32 Å². The molecule has 0 spiro atoms. The van der Waals surface area contributed by atoms with Gasteiger partial charge in [-0.05, 0) is 35.2 Å². The van der Waals surface area contributed by atoms with Crippen molar-refractivity contribution in [3.8, 4) is 0 Å². The van der Waals surface area contributed by atoms with Crippen molar-refractivity contribution in [2.75, 3.05) is 5.32 Å². The molecule has 0 amide bonds. The SMILES string of the molecule is CC(C)c1ccc(CNc2ccc(F)c(Cl)c2)cc1. The number of halogens is 2. The van der Waals surface area contributed by atoms with Crippen LogP contribution in [0.15, 0.2) is 42.5 Å². The highest BCUT2D eigenvalue weighted by Crippen LogP contribution is 2.20. The zero-order valence-electron chi connectivity index (χ0n) is 11.1. The van der Waals surface area contributed by atoms with Gasteiger partial charge in [-0.2, -0.15) is 0 Å². The molecule has 100 valence electrons. The molecule has 1 N–H and O–H groups in total. The molecule has 0 atom stereocenters. The van der Waals surface area contributed by atoms with Crippen LogP contribution in [-0.2, 0) is 6.54 Å². The standard InChI is InChI=1S/C16H17ClFN/c1-11(2)13-5-3-12(4-6-13)10-19-14-7-8-16(18)15(17)9-14/h3-9,11,19H,10H2,1-2H3. The third kappa shape index (κ3) is 3.71. The van der Waals surface area contributed by atoms with E-state index < -0.39 is 5.82 Å². The summed E-state index contributed by atoms with van der Waals surface area (Å²) in [7, 11) is 0. The van der Waals surface area contributed by atoms with E-state index in [-0.39, 0.29) is 5.02 Å². The average molecular weight is 278 g/mol. The lowest BCUT2D eigenvalue weighted by atomic mass is 10.0. The lowest BCUT2D eigenvalue weighted by Gasteiger charge is -2.09. The fourth-order valence-corrected chi connectivity index (χ4v) is 2.01. The van der Waals surface area contributed by atoms with Crippen molar-refractivity contribution in [1.29, 1.82) is 0 Å². The highest BCUT2D eigenvalue weighted by atomic mass is 35.5. The van der Waals surface area contributed by atoms with Crippen molar-refractivity contribution in [1.82, 2.24) is 0 Å². The van der Waals surface area contributed by atoms with Crippen LogP contribution in [0, 0.1) is 5.82 Å². The molecule has 0 aliphatic carbocycles. The van der Waals surface area contributed by atoms with E-state index >= 15 is 0 Å². The Kier molecular flexibility index (Phi) is 4.43. The summed E-state index contributed by atoms with van der Waals surface area (Å²) in [6.45, 7) is 5.04. The van der Waals surface area contributed by atoms with Crippen molar-refractivity contribution in [2.24, 2.45) is 0 Å². The second-order valence-corrected chi connectivity index (χ2v) is 5.29. The number of nitrogens with one attached hydrogen (secondary N) is 1. The van der Waals surface area contributed by atoms with Crippen LogP contribution in [0.5, 0.6) is 0 Å². The molecule has 3 heteroatoms. The summed E-state index contributed by atoms with van der Waals surface area (Å²) in [4.78, 5) is 0. The van der Waals surface area contributed by atoms with Gasteiger partial charge in [0.2, 0.25) is 0 Å². The van der Waals surface area contributed by atoms with E-state index in [1.165, 1.54) is 17.2 Å². The Labute approximate surface area is 118 Å². The topological polar surface area (TPSA) is 12.0 Å². The molecule has 2 rings (SSSR count). The normalized spacial score (nSPS) is 10.8. The summed E-state index contributed by atoms with van der Waals surface area (Å²) in [6, 6.07) is 13.1. The Balaban J connectivity index is 2.00. The fraction of sp³-hybridized carbons (Fsp3) is 0.250. The first-order valence-electron chi connectivity index (χ1n) is 6.34. The van der Waals surface area contributed by atoms with Gasteiger partial charge in [-0.3, -0.25) is 0 Å². The summed E-state index contributed by atoms with van der Waals surface area (Å²) in [5.41, 5.74) is 3.33. The number of hydrogen-bond donors (Lipinski definition) is 1. The maximum atomic E-state index is 13.0. The Bertz CT molecular complexity index is 549. The molecule has 0 saturated carbocycles. The monoisotopic (exact) mass is 277 g/mol. The Morgan fingerprint density at radius 2 is 1.79 bits per heavy atom. The quantitative estimate of drug-likeness (QED) is 0.808. The molecule has 0 aromatic heterocycles. The van der Waals surface area contributed by atoms with Crippen LogP contribution in [-0.4, -0.2) is 0 Å². The molecule has 0 aliphatic heterocycles. The van der Waals surface area contributed by atoms with Gasteiger partial charge in [0.05, 0.1) is 5.02 Å². The molecule has 0 unspecified atom stereocenters. The zero-order chi connectivity index (χ0) is 13.8. The number of rotatable bonds is 4. The molecule has 0 fully saturated rings. The Morgan fingerprint density at radius 1 is 1.11 bits per heavy atom. The first-order valence-corrected chi connectivity index (χ1v) is 6.72. The van der Waals surface area contributed by atoms with Gasteiger partial charge in [0, 0.05) is 12.2 Å². The van der Waals surface area contributed by atoms with Crippen molar-refractivity contribution >= 4 is 17.3 Å². The molecular weight excluding hydrogens is 261 g/mol. The van der Waals surface area contributed by atoms with Crippen LogP contribution in [0.2, 0.25) is 5.02 Å². The molecule has 1 nitrogen and oxygen atoms in total. The predicted molar refractivity (Wildman–Crippen MR) is 79.3 cm³/mol. The van der Waals surface area contributed by atoms with Crippen molar-refractivity contribution < 1.29 is 4.39 Å². The molecule has 0 radical (unpaired) electrons. The van der Waals surface area contributed by atoms with Gasteiger partial charge >= 0.3 is 0 Å². The minimum atomic E-state index is -0.395. The summed E-state index contributed by atoms with van der Waals surface area (Å²) in [5, 5.41) is 3.37. The minimum absolute atomic E-state index is 0.139. The highest BCUT2D eigenvalue weighted by molar-refractivity contribution is 6.31.